The van der Waals surface area contributed by atoms with Crippen molar-refractivity contribution in [2.45, 2.75) is 0 Å². The summed E-state index contributed by atoms with van der Waals surface area (Å²) >= 11 is 0. The van der Waals surface area contributed by atoms with E-state index in [1.807, 2.05) is 18.2 Å². The van der Waals surface area contributed by atoms with Crippen LogP contribution >= 0.6 is 0 Å². The Bertz CT molecular complexity index is 470. The maximum atomic E-state index is 5.39. The number of hydrogen-bond donors (Lipinski definition) is 1. The first kappa shape index (κ1) is 7.44. The van der Waals surface area contributed by atoms with E-state index in [0.717, 1.165) is 11.4 Å². The summed E-state index contributed by atoms with van der Waals surface area (Å²) in [6, 6.07) is 12.4. The van der Waals surface area contributed by atoms with Crippen molar-refractivity contribution in [2.75, 3.05) is 5.32 Å². The Kier molecular flexibility index (Phi) is 1.47. The van der Waals surface area contributed by atoms with Crippen molar-refractivity contribution in [3.8, 4) is 5.75 Å². The first-order valence-corrected chi connectivity index (χ1v) is 4.54. The summed E-state index contributed by atoms with van der Waals surface area (Å²) in [5.74, 6) is 0.881. The van der Waals surface area contributed by atoms with Crippen molar-refractivity contribution in [1.29, 1.82) is 0 Å². The third-order valence-electron chi connectivity index (χ3n) is 2.35. The molecule has 0 spiro atoms. The monoisotopic (exact) mass is 183 g/mol. The van der Waals surface area contributed by atoms with Crippen LogP contribution in [0.5, 0.6) is 5.75 Å². The molecule has 0 saturated carbocycles. The lowest BCUT2D eigenvalue weighted by Crippen LogP contribution is -1.98. The molecule has 0 radical (unpaired) electrons. The van der Waals surface area contributed by atoms with Crippen molar-refractivity contribution < 1.29 is 4.74 Å². The molecule has 0 atom stereocenters. The van der Waals surface area contributed by atoms with Gasteiger partial charge < -0.3 is 10.1 Å². The van der Waals surface area contributed by atoms with Gasteiger partial charge in [0.05, 0.1) is 5.69 Å². The van der Waals surface area contributed by atoms with E-state index in [9.17, 15) is 0 Å². The number of anilines is 1. The standard InChI is InChI=1S/C12H9NO/c1-2-4-10-8-12-11(7-9(10)3-1)13-5-6-14-12/h1-8,13H. The van der Waals surface area contributed by atoms with Gasteiger partial charge in [-0.3, -0.25) is 0 Å². The topological polar surface area (TPSA) is 21.3 Å². The summed E-state index contributed by atoms with van der Waals surface area (Å²) in [5.41, 5.74) is 1.02. The summed E-state index contributed by atoms with van der Waals surface area (Å²) in [6.45, 7) is 0. The predicted octanol–water partition coefficient (Wildman–Crippen LogP) is 3.12. The zero-order valence-electron chi connectivity index (χ0n) is 7.53. The molecule has 3 rings (SSSR count). The van der Waals surface area contributed by atoms with Gasteiger partial charge in [0, 0.05) is 6.20 Å². The SMILES string of the molecule is C1=COc2cc3ccccc3cc2N1. The first-order chi connectivity index (χ1) is 6.93. The number of benzene rings is 2. The van der Waals surface area contributed by atoms with Crippen LogP contribution in [-0.4, -0.2) is 0 Å². The highest BCUT2D eigenvalue weighted by atomic mass is 16.5. The zero-order chi connectivity index (χ0) is 9.38. The van der Waals surface area contributed by atoms with Crippen LogP contribution in [0.1, 0.15) is 0 Å². The number of ether oxygens (including phenoxy) is 1. The molecule has 2 nitrogen and oxygen atoms in total. The van der Waals surface area contributed by atoms with Crippen LogP contribution in [0.3, 0.4) is 0 Å². The second-order valence-corrected chi connectivity index (χ2v) is 3.26. The van der Waals surface area contributed by atoms with Gasteiger partial charge in [0.25, 0.3) is 0 Å². The van der Waals surface area contributed by atoms with Crippen molar-refractivity contribution >= 4 is 16.5 Å². The average Bonchev–Trinajstić information content (AvgIpc) is 2.26. The molecule has 1 aliphatic heterocycles. The van der Waals surface area contributed by atoms with Gasteiger partial charge in [-0.05, 0) is 22.9 Å². The summed E-state index contributed by atoms with van der Waals surface area (Å²) in [7, 11) is 0. The molecule has 0 bridgehead atoms. The van der Waals surface area contributed by atoms with Crippen molar-refractivity contribution in [1.82, 2.24) is 0 Å². The average molecular weight is 183 g/mol. The van der Waals surface area contributed by atoms with E-state index in [1.54, 1.807) is 12.5 Å². The summed E-state index contributed by atoms with van der Waals surface area (Å²) in [4.78, 5) is 0. The van der Waals surface area contributed by atoms with E-state index in [-0.39, 0.29) is 0 Å². The molecule has 0 unspecified atom stereocenters. The normalized spacial score (nSPS) is 13.1. The molecular weight excluding hydrogens is 174 g/mol. The van der Waals surface area contributed by atoms with Gasteiger partial charge in [0.2, 0.25) is 0 Å². The number of fused-ring (bicyclic) bond motifs is 2. The molecule has 0 saturated heterocycles. The van der Waals surface area contributed by atoms with Crippen LogP contribution < -0.4 is 10.1 Å². The van der Waals surface area contributed by atoms with Crippen LogP contribution in [-0.2, 0) is 0 Å². The number of hydrogen-bond acceptors (Lipinski definition) is 2. The molecule has 2 aromatic rings. The molecule has 0 amide bonds. The lowest BCUT2D eigenvalue weighted by Gasteiger charge is -2.13. The van der Waals surface area contributed by atoms with Gasteiger partial charge >= 0.3 is 0 Å². The lowest BCUT2D eigenvalue weighted by molar-refractivity contribution is 0.478. The summed E-state index contributed by atoms with van der Waals surface area (Å²) in [6.07, 6.45) is 3.44. The second-order valence-electron chi connectivity index (χ2n) is 3.26. The quantitative estimate of drug-likeness (QED) is 0.677. The highest BCUT2D eigenvalue weighted by molar-refractivity contribution is 5.89. The maximum Gasteiger partial charge on any atom is 0.150 e. The molecule has 1 heterocycles. The minimum atomic E-state index is 0.881. The third kappa shape index (κ3) is 1.04. The molecule has 1 aliphatic rings. The van der Waals surface area contributed by atoms with E-state index < -0.39 is 0 Å². The summed E-state index contributed by atoms with van der Waals surface area (Å²) < 4.78 is 5.39. The van der Waals surface area contributed by atoms with Gasteiger partial charge in [-0.2, -0.15) is 0 Å². The van der Waals surface area contributed by atoms with E-state index in [4.69, 9.17) is 4.74 Å². The Morgan fingerprint density at radius 3 is 2.64 bits per heavy atom. The molecule has 1 N–H and O–H groups in total. The lowest BCUT2D eigenvalue weighted by atomic mass is 10.1. The maximum absolute atomic E-state index is 5.39. The van der Waals surface area contributed by atoms with Crippen LogP contribution in [0.4, 0.5) is 5.69 Å². The van der Waals surface area contributed by atoms with Crippen molar-refractivity contribution in [2.24, 2.45) is 0 Å². The van der Waals surface area contributed by atoms with E-state index in [2.05, 4.69) is 23.5 Å². The largest absolute Gasteiger partial charge is 0.461 e. The van der Waals surface area contributed by atoms with Gasteiger partial charge in [0.1, 0.15) is 6.26 Å². The predicted molar refractivity (Wildman–Crippen MR) is 57.3 cm³/mol. The van der Waals surface area contributed by atoms with E-state index in [1.165, 1.54) is 10.8 Å². The van der Waals surface area contributed by atoms with Gasteiger partial charge in [-0.15, -0.1) is 0 Å². The van der Waals surface area contributed by atoms with Crippen LogP contribution in [0.25, 0.3) is 10.8 Å². The van der Waals surface area contributed by atoms with Gasteiger partial charge in [-0.25, -0.2) is 0 Å². The Morgan fingerprint density at radius 1 is 1.00 bits per heavy atom. The van der Waals surface area contributed by atoms with Crippen molar-refractivity contribution in [3.63, 3.8) is 0 Å². The Morgan fingerprint density at radius 2 is 1.79 bits per heavy atom. The molecule has 68 valence electrons. The fourth-order valence-corrected chi connectivity index (χ4v) is 1.66. The minimum absolute atomic E-state index is 0.881. The molecule has 2 aromatic carbocycles. The zero-order valence-corrected chi connectivity index (χ0v) is 7.53. The molecule has 0 aromatic heterocycles. The molecule has 2 heteroatoms. The minimum Gasteiger partial charge on any atom is -0.461 e. The van der Waals surface area contributed by atoms with E-state index >= 15 is 0 Å². The highest BCUT2D eigenvalue weighted by Gasteiger charge is 2.06. The van der Waals surface area contributed by atoms with Gasteiger partial charge in [0.15, 0.2) is 5.75 Å². The third-order valence-corrected chi connectivity index (χ3v) is 2.35. The second kappa shape index (κ2) is 2.77. The number of rotatable bonds is 0. The fourth-order valence-electron chi connectivity index (χ4n) is 1.66. The number of nitrogens with one attached hydrogen (secondary N) is 1. The molecular formula is C12H9NO. The van der Waals surface area contributed by atoms with Gasteiger partial charge in [-0.1, -0.05) is 24.3 Å². The Hall–Kier alpha value is -1.96. The highest BCUT2D eigenvalue weighted by Crippen LogP contribution is 2.32. The Balaban J connectivity index is 2.30. The first-order valence-electron chi connectivity index (χ1n) is 4.54. The Labute approximate surface area is 81.8 Å². The summed E-state index contributed by atoms with van der Waals surface area (Å²) in [5, 5.41) is 5.57. The smallest absolute Gasteiger partial charge is 0.150 e. The molecule has 0 aliphatic carbocycles. The van der Waals surface area contributed by atoms with Crippen LogP contribution in [0.2, 0.25) is 0 Å². The van der Waals surface area contributed by atoms with Crippen LogP contribution in [0.15, 0.2) is 48.9 Å². The van der Waals surface area contributed by atoms with Crippen molar-refractivity contribution in [3.05, 3.63) is 48.9 Å². The molecule has 14 heavy (non-hydrogen) atoms. The van der Waals surface area contributed by atoms with Crippen LogP contribution in [0, 0.1) is 0 Å². The fraction of sp³-hybridized carbons (Fsp3) is 0. The molecule has 0 fully saturated rings. The van der Waals surface area contributed by atoms with E-state index in [0.29, 0.717) is 0 Å².